The van der Waals surface area contributed by atoms with Gasteiger partial charge in [-0.15, -0.1) is 0 Å². The van der Waals surface area contributed by atoms with Crippen LogP contribution in [0.4, 0.5) is 4.39 Å². The zero-order valence-electron chi connectivity index (χ0n) is 23.1. The molecule has 0 saturated heterocycles. The fourth-order valence-corrected chi connectivity index (χ4v) is 3.61. The van der Waals surface area contributed by atoms with Gasteiger partial charge in [0.1, 0.15) is 5.67 Å². The van der Waals surface area contributed by atoms with E-state index in [4.69, 9.17) is 28.9 Å². The van der Waals surface area contributed by atoms with Gasteiger partial charge in [-0.1, -0.05) is 81.1 Å². The van der Waals surface area contributed by atoms with Crippen molar-refractivity contribution >= 4 is 34.7 Å². The maximum atomic E-state index is 12.1. The first kappa shape index (κ1) is 34.4. The van der Waals surface area contributed by atoms with E-state index in [1.54, 1.807) is 6.92 Å². The predicted octanol–water partition coefficient (Wildman–Crippen LogP) is 9.27. The average molecular weight is 549 g/mol. The van der Waals surface area contributed by atoms with E-state index in [2.05, 4.69) is 62.1 Å². The molecule has 0 spiro atoms. The van der Waals surface area contributed by atoms with Gasteiger partial charge in [0, 0.05) is 28.5 Å². The summed E-state index contributed by atoms with van der Waals surface area (Å²) in [5.41, 5.74) is 10.1. The zero-order chi connectivity index (χ0) is 28.4. The molecule has 3 rings (SSSR count). The van der Waals surface area contributed by atoms with Crippen LogP contribution in [0.25, 0.3) is 5.70 Å². The van der Waals surface area contributed by atoms with Gasteiger partial charge in [-0.2, -0.15) is 0 Å². The monoisotopic (exact) mass is 547 g/mol. The van der Waals surface area contributed by atoms with Gasteiger partial charge < -0.3 is 11.1 Å². The summed E-state index contributed by atoms with van der Waals surface area (Å²) in [7, 11) is 0. The number of benzene rings is 2. The van der Waals surface area contributed by atoms with Crippen LogP contribution >= 0.6 is 23.2 Å². The van der Waals surface area contributed by atoms with Crippen LogP contribution in [-0.4, -0.2) is 18.0 Å². The molecular weight excluding hydrogens is 504 g/mol. The number of alkyl halides is 1. The number of nitrogens with two attached hydrogens (primary N) is 1. The average Bonchev–Trinajstić information content (AvgIpc) is 3.61. The highest BCUT2D eigenvalue weighted by atomic mass is 35.5. The number of amidine groups is 1. The topological polar surface area (TPSA) is 50.4 Å². The molecular formula is C31H44Cl2FN3. The van der Waals surface area contributed by atoms with E-state index >= 15 is 0 Å². The van der Waals surface area contributed by atoms with Gasteiger partial charge in [0.05, 0.1) is 5.84 Å². The van der Waals surface area contributed by atoms with Crippen molar-refractivity contribution in [2.45, 2.75) is 72.4 Å². The van der Waals surface area contributed by atoms with Gasteiger partial charge in [0.15, 0.2) is 0 Å². The van der Waals surface area contributed by atoms with E-state index in [-0.39, 0.29) is 0 Å². The van der Waals surface area contributed by atoms with Gasteiger partial charge in [0.25, 0.3) is 0 Å². The highest BCUT2D eigenvalue weighted by Crippen LogP contribution is 2.40. The molecule has 0 aromatic heterocycles. The number of hydrogen-bond acceptors (Lipinski definition) is 2. The van der Waals surface area contributed by atoms with Crippen molar-refractivity contribution < 1.29 is 4.39 Å². The maximum absolute atomic E-state index is 12.1. The third kappa shape index (κ3) is 14.7. The smallest absolute Gasteiger partial charge is 0.129 e. The highest BCUT2D eigenvalue weighted by molar-refractivity contribution is 6.35. The van der Waals surface area contributed by atoms with Crippen molar-refractivity contribution in [3.8, 4) is 0 Å². The number of halogens is 3. The Morgan fingerprint density at radius 2 is 1.73 bits per heavy atom. The van der Waals surface area contributed by atoms with Gasteiger partial charge in [-0.05, 0) is 93.3 Å². The molecule has 0 heterocycles. The van der Waals surface area contributed by atoms with Gasteiger partial charge in [0.2, 0.25) is 0 Å². The number of aryl methyl sites for hydroxylation is 3. The van der Waals surface area contributed by atoms with Crippen LogP contribution in [0.5, 0.6) is 0 Å². The van der Waals surface area contributed by atoms with Crippen LogP contribution in [-0.2, 0) is 12.8 Å². The molecule has 0 bridgehead atoms. The van der Waals surface area contributed by atoms with Gasteiger partial charge in [-0.3, -0.25) is 0 Å². The van der Waals surface area contributed by atoms with Crippen molar-refractivity contribution in [1.29, 1.82) is 0 Å². The Morgan fingerprint density at radius 1 is 1.11 bits per heavy atom. The summed E-state index contributed by atoms with van der Waals surface area (Å²) in [5.74, 6) is 0.546. The Kier molecular flexibility index (Phi) is 17.4. The fourth-order valence-electron chi connectivity index (χ4n) is 3.11. The fraction of sp³-hybridized carbons (Fsp3) is 0.387. The molecule has 2 aromatic carbocycles. The minimum absolute atomic E-state index is 0.546. The summed E-state index contributed by atoms with van der Waals surface area (Å²) in [6.45, 7) is 21.6. The molecule has 1 saturated carbocycles. The van der Waals surface area contributed by atoms with E-state index in [1.165, 1.54) is 23.4 Å². The molecule has 1 aliphatic carbocycles. The summed E-state index contributed by atoms with van der Waals surface area (Å²) in [6, 6.07) is 12.3. The summed E-state index contributed by atoms with van der Waals surface area (Å²) in [4.78, 5) is 3.58. The molecule has 1 fully saturated rings. The molecule has 0 aliphatic heterocycles. The number of aliphatic imine (C=N–C) groups is 1. The van der Waals surface area contributed by atoms with Crippen molar-refractivity contribution in [1.82, 2.24) is 5.32 Å². The number of hydrogen-bond donors (Lipinski definition) is 2. The summed E-state index contributed by atoms with van der Waals surface area (Å²) >= 11 is 12.2. The lowest BCUT2D eigenvalue weighted by atomic mass is 9.97. The Morgan fingerprint density at radius 3 is 2.16 bits per heavy atom. The third-order valence-corrected chi connectivity index (χ3v) is 5.97. The minimum Gasteiger partial charge on any atom is -0.387 e. The molecule has 6 heteroatoms. The van der Waals surface area contributed by atoms with Crippen molar-refractivity contribution in [2.24, 2.45) is 10.7 Å². The first-order chi connectivity index (χ1) is 17.5. The molecule has 204 valence electrons. The number of nitrogens with one attached hydrogen (secondary N) is 1. The van der Waals surface area contributed by atoms with E-state index in [9.17, 15) is 4.39 Å². The Bertz CT molecular complexity index is 1020. The summed E-state index contributed by atoms with van der Waals surface area (Å²) in [6.07, 6.45) is 7.21. The van der Waals surface area contributed by atoms with Gasteiger partial charge in [-0.25, -0.2) is 9.38 Å². The van der Waals surface area contributed by atoms with Crippen LogP contribution in [0, 0.1) is 6.92 Å². The Balaban J connectivity index is 0.000000755. The largest absolute Gasteiger partial charge is 0.387 e. The molecule has 0 atom stereocenters. The molecule has 0 radical (unpaired) electrons. The molecule has 3 N–H and O–H groups in total. The standard InChI is InChI=1S/C20H23Cl2N.C5H7F.C4H8N2.C2H6/c1-4-23-15(3)18-9-8-14(2)17(12-18)7-5-6-16-10-11-19(21)13-20(16)22;1-2-5(6)3-4-5;1-3-6-4(2)5;1-2/h8-13,23H,3-7H2,1-2H3;2H,1,3-4H2;3H,1H2,2H3,(H2,5,6);1-2H3. The van der Waals surface area contributed by atoms with Crippen molar-refractivity contribution in [2.75, 3.05) is 6.54 Å². The normalized spacial score (nSPS) is 12.8. The second kappa shape index (κ2) is 18.6. The summed E-state index contributed by atoms with van der Waals surface area (Å²) in [5, 5.41) is 4.72. The molecule has 0 amide bonds. The number of allylic oxidation sites excluding steroid dienone is 1. The van der Waals surface area contributed by atoms with Crippen LogP contribution in [0.1, 0.15) is 69.2 Å². The van der Waals surface area contributed by atoms with E-state index in [1.807, 2.05) is 32.0 Å². The zero-order valence-corrected chi connectivity index (χ0v) is 24.7. The number of nitrogens with zero attached hydrogens (tertiary/aromatic N) is 1. The van der Waals surface area contributed by atoms with Crippen LogP contribution < -0.4 is 11.1 Å². The Labute approximate surface area is 234 Å². The quantitative estimate of drug-likeness (QED) is 0.186. The predicted molar refractivity (Wildman–Crippen MR) is 164 cm³/mol. The van der Waals surface area contributed by atoms with Crippen molar-refractivity contribution in [3.05, 3.63) is 101 Å². The first-order valence-electron chi connectivity index (χ1n) is 12.7. The van der Waals surface area contributed by atoms with Gasteiger partial charge >= 0.3 is 0 Å². The van der Waals surface area contributed by atoms with E-state index < -0.39 is 5.67 Å². The van der Waals surface area contributed by atoms with Crippen LogP contribution in [0.2, 0.25) is 10.0 Å². The highest BCUT2D eigenvalue weighted by Gasteiger charge is 2.39. The number of rotatable bonds is 9. The first-order valence-corrected chi connectivity index (χ1v) is 13.5. The molecule has 1 aliphatic rings. The molecule has 37 heavy (non-hydrogen) atoms. The molecule has 0 unspecified atom stereocenters. The lowest BCUT2D eigenvalue weighted by Crippen LogP contribution is -2.10. The third-order valence-electron chi connectivity index (χ3n) is 5.38. The molecule has 2 aromatic rings. The van der Waals surface area contributed by atoms with Crippen LogP contribution in [0.15, 0.2) is 73.4 Å². The van der Waals surface area contributed by atoms with Crippen molar-refractivity contribution in [3.63, 3.8) is 0 Å². The second-order valence-corrected chi connectivity index (χ2v) is 9.27. The lowest BCUT2D eigenvalue weighted by molar-refractivity contribution is 0.381. The SMILES string of the molecule is C=C(NCC)c1ccc(C)c(CCCc2ccc(Cl)cc2Cl)c1.C=CC1(F)CC1.C=CN=C(C)N.CC. The minimum atomic E-state index is -0.944. The maximum Gasteiger partial charge on any atom is 0.129 e. The summed E-state index contributed by atoms with van der Waals surface area (Å²) < 4.78 is 12.1. The van der Waals surface area contributed by atoms with E-state index in [0.717, 1.165) is 47.7 Å². The second-order valence-electron chi connectivity index (χ2n) is 8.43. The lowest BCUT2D eigenvalue weighted by Gasteiger charge is -2.12. The molecule has 3 nitrogen and oxygen atoms in total. The van der Waals surface area contributed by atoms with Crippen LogP contribution in [0.3, 0.4) is 0 Å². The van der Waals surface area contributed by atoms with E-state index in [0.29, 0.717) is 23.7 Å². The Hall–Kier alpha value is -2.56.